The van der Waals surface area contributed by atoms with Crippen molar-refractivity contribution in [2.75, 3.05) is 6.54 Å². The molecule has 0 spiro atoms. The molecule has 19 heavy (non-hydrogen) atoms. The van der Waals surface area contributed by atoms with Crippen molar-refractivity contribution in [2.24, 2.45) is 0 Å². The highest BCUT2D eigenvalue weighted by Gasteiger charge is 2.08. The van der Waals surface area contributed by atoms with Gasteiger partial charge in [-0.2, -0.15) is 0 Å². The summed E-state index contributed by atoms with van der Waals surface area (Å²) >= 11 is 3.53. The zero-order valence-electron chi connectivity index (χ0n) is 11.2. The minimum absolute atomic E-state index is 0.431. The van der Waals surface area contributed by atoms with Gasteiger partial charge in [-0.3, -0.25) is 0 Å². The summed E-state index contributed by atoms with van der Waals surface area (Å²) in [5.41, 5.74) is 1.35. The van der Waals surface area contributed by atoms with Crippen LogP contribution in [0, 0.1) is 0 Å². The van der Waals surface area contributed by atoms with E-state index in [1.165, 1.54) is 5.56 Å². The van der Waals surface area contributed by atoms with Gasteiger partial charge in [0, 0.05) is 29.5 Å². The van der Waals surface area contributed by atoms with Crippen LogP contribution in [-0.4, -0.2) is 16.1 Å². The molecule has 1 N–H and O–H groups in total. The summed E-state index contributed by atoms with van der Waals surface area (Å²) in [5, 5.41) is 3.62. The summed E-state index contributed by atoms with van der Waals surface area (Å²) < 4.78 is 3.26. The molecular weight excluding hydrogens is 302 g/mol. The number of imidazole rings is 1. The fraction of sp³-hybridized carbons (Fsp3) is 0.400. The number of aromatic nitrogens is 2. The summed E-state index contributed by atoms with van der Waals surface area (Å²) in [6.45, 7) is 4.25. The third kappa shape index (κ3) is 4.48. The first kappa shape index (κ1) is 14.3. The van der Waals surface area contributed by atoms with Gasteiger partial charge in [0.15, 0.2) is 0 Å². The van der Waals surface area contributed by atoms with Gasteiger partial charge < -0.3 is 9.88 Å². The van der Waals surface area contributed by atoms with Crippen LogP contribution in [0.2, 0.25) is 0 Å². The quantitative estimate of drug-likeness (QED) is 0.786. The standard InChI is InChI=1S/C15H20BrN3/c1-2-15(13-5-3-6-14(16)11-13)18-7-4-9-19-10-8-17-12-19/h3,5-6,8,10-12,15,18H,2,4,7,9H2,1H3. The average Bonchev–Trinajstić information content (AvgIpc) is 2.92. The highest BCUT2D eigenvalue weighted by Crippen LogP contribution is 2.20. The second kappa shape index (κ2) is 7.46. The van der Waals surface area contributed by atoms with Crippen molar-refractivity contribution in [1.82, 2.24) is 14.9 Å². The molecule has 1 atom stereocenters. The molecular formula is C15H20BrN3. The predicted molar refractivity (Wildman–Crippen MR) is 82.0 cm³/mol. The highest BCUT2D eigenvalue weighted by molar-refractivity contribution is 9.10. The second-order valence-corrected chi connectivity index (χ2v) is 5.54. The fourth-order valence-corrected chi connectivity index (χ4v) is 2.60. The number of halogens is 1. The molecule has 0 aliphatic heterocycles. The van der Waals surface area contributed by atoms with Crippen molar-refractivity contribution < 1.29 is 0 Å². The molecule has 0 saturated carbocycles. The van der Waals surface area contributed by atoms with Crippen molar-refractivity contribution in [2.45, 2.75) is 32.4 Å². The van der Waals surface area contributed by atoms with Crippen LogP contribution < -0.4 is 5.32 Å². The number of rotatable bonds is 7. The normalized spacial score (nSPS) is 12.5. The Morgan fingerprint density at radius 3 is 3.00 bits per heavy atom. The third-order valence-electron chi connectivity index (χ3n) is 3.20. The molecule has 1 unspecified atom stereocenters. The largest absolute Gasteiger partial charge is 0.337 e. The monoisotopic (exact) mass is 321 g/mol. The van der Waals surface area contributed by atoms with E-state index in [4.69, 9.17) is 0 Å². The Labute approximate surface area is 123 Å². The number of nitrogens with zero attached hydrogens (tertiary/aromatic N) is 2. The molecule has 102 valence electrons. The minimum atomic E-state index is 0.431. The Bertz CT molecular complexity index is 482. The van der Waals surface area contributed by atoms with Gasteiger partial charge >= 0.3 is 0 Å². The van der Waals surface area contributed by atoms with E-state index >= 15 is 0 Å². The van der Waals surface area contributed by atoms with Crippen LogP contribution in [0.3, 0.4) is 0 Å². The van der Waals surface area contributed by atoms with Crippen molar-refractivity contribution in [3.05, 3.63) is 53.0 Å². The smallest absolute Gasteiger partial charge is 0.0945 e. The van der Waals surface area contributed by atoms with Gasteiger partial charge in [0.25, 0.3) is 0 Å². The van der Waals surface area contributed by atoms with E-state index in [0.29, 0.717) is 6.04 Å². The SMILES string of the molecule is CCC(NCCCn1ccnc1)c1cccc(Br)c1. The Morgan fingerprint density at radius 2 is 2.32 bits per heavy atom. The van der Waals surface area contributed by atoms with Crippen LogP contribution in [-0.2, 0) is 6.54 Å². The molecule has 0 fully saturated rings. The van der Waals surface area contributed by atoms with Gasteiger partial charge in [0.1, 0.15) is 0 Å². The van der Waals surface area contributed by atoms with Crippen LogP contribution in [0.5, 0.6) is 0 Å². The minimum Gasteiger partial charge on any atom is -0.337 e. The lowest BCUT2D eigenvalue weighted by molar-refractivity contribution is 0.491. The zero-order valence-corrected chi connectivity index (χ0v) is 12.8. The molecule has 2 rings (SSSR count). The van der Waals surface area contributed by atoms with E-state index in [2.05, 4.69) is 62.0 Å². The van der Waals surface area contributed by atoms with E-state index in [1.54, 1.807) is 0 Å². The molecule has 1 aromatic carbocycles. The lowest BCUT2D eigenvalue weighted by Gasteiger charge is -2.17. The number of hydrogen-bond donors (Lipinski definition) is 1. The Balaban J connectivity index is 1.79. The molecule has 3 nitrogen and oxygen atoms in total. The highest BCUT2D eigenvalue weighted by atomic mass is 79.9. The summed E-state index contributed by atoms with van der Waals surface area (Å²) in [6.07, 6.45) is 7.91. The average molecular weight is 322 g/mol. The molecule has 0 radical (unpaired) electrons. The molecule has 0 saturated heterocycles. The maximum absolute atomic E-state index is 4.05. The number of nitrogens with one attached hydrogen (secondary N) is 1. The fourth-order valence-electron chi connectivity index (χ4n) is 2.18. The van der Waals surface area contributed by atoms with Crippen LogP contribution in [0.4, 0.5) is 0 Å². The first-order chi connectivity index (χ1) is 9.29. The van der Waals surface area contributed by atoms with Gasteiger partial charge in [-0.15, -0.1) is 0 Å². The van der Waals surface area contributed by atoms with Crippen LogP contribution in [0.1, 0.15) is 31.4 Å². The van der Waals surface area contributed by atoms with Crippen LogP contribution in [0.25, 0.3) is 0 Å². The van der Waals surface area contributed by atoms with E-state index in [-0.39, 0.29) is 0 Å². The van der Waals surface area contributed by atoms with E-state index in [9.17, 15) is 0 Å². The van der Waals surface area contributed by atoms with Crippen molar-refractivity contribution >= 4 is 15.9 Å². The van der Waals surface area contributed by atoms with Gasteiger partial charge in [-0.25, -0.2) is 4.98 Å². The predicted octanol–water partition coefficient (Wildman–Crippen LogP) is 3.78. The van der Waals surface area contributed by atoms with Crippen molar-refractivity contribution in [3.8, 4) is 0 Å². The van der Waals surface area contributed by atoms with E-state index < -0.39 is 0 Å². The maximum Gasteiger partial charge on any atom is 0.0945 e. The first-order valence-electron chi connectivity index (χ1n) is 6.74. The topological polar surface area (TPSA) is 29.9 Å². The Kier molecular flexibility index (Phi) is 5.61. The number of aryl methyl sites for hydroxylation is 1. The second-order valence-electron chi connectivity index (χ2n) is 4.62. The number of hydrogen-bond acceptors (Lipinski definition) is 2. The van der Waals surface area contributed by atoms with Crippen LogP contribution in [0.15, 0.2) is 47.5 Å². The van der Waals surface area contributed by atoms with Crippen molar-refractivity contribution in [1.29, 1.82) is 0 Å². The number of benzene rings is 1. The molecule has 4 heteroatoms. The molecule has 0 aliphatic carbocycles. The van der Waals surface area contributed by atoms with Crippen LogP contribution >= 0.6 is 15.9 Å². The molecule has 0 bridgehead atoms. The molecule has 2 aromatic rings. The lowest BCUT2D eigenvalue weighted by Crippen LogP contribution is -2.22. The summed E-state index contributed by atoms with van der Waals surface area (Å²) in [4.78, 5) is 4.05. The summed E-state index contributed by atoms with van der Waals surface area (Å²) in [7, 11) is 0. The summed E-state index contributed by atoms with van der Waals surface area (Å²) in [6, 6.07) is 8.96. The van der Waals surface area contributed by atoms with Gasteiger partial charge in [0.05, 0.1) is 6.33 Å². The van der Waals surface area contributed by atoms with Gasteiger partial charge in [-0.05, 0) is 37.1 Å². The molecule has 1 heterocycles. The molecule has 1 aromatic heterocycles. The first-order valence-corrected chi connectivity index (χ1v) is 7.53. The van der Waals surface area contributed by atoms with Crippen molar-refractivity contribution in [3.63, 3.8) is 0 Å². The summed E-state index contributed by atoms with van der Waals surface area (Å²) in [5.74, 6) is 0. The zero-order chi connectivity index (χ0) is 13.5. The molecule has 0 amide bonds. The Morgan fingerprint density at radius 1 is 1.42 bits per heavy atom. The lowest BCUT2D eigenvalue weighted by atomic mass is 10.0. The molecule has 0 aliphatic rings. The third-order valence-corrected chi connectivity index (χ3v) is 3.70. The van der Waals surface area contributed by atoms with E-state index in [0.717, 1.165) is 30.4 Å². The maximum atomic E-state index is 4.05. The van der Waals surface area contributed by atoms with Gasteiger partial charge in [0.2, 0.25) is 0 Å². The Hall–Kier alpha value is -1.13. The van der Waals surface area contributed by atoms with E-state index in [1.807, 2.05) is 18.7 Å². The van der Waals surface area contributed by atoms with Gasteiger partial charge in [-0.1, -0.05) is 35.0 Å².